The average molecular weight is 300 g/mol. The lowest BCUT2D eigenvalue weighted by molar-refractivity contribution is -0.133. The first kappa shape index (κ1) is 17.6. The lowest BCUT2D eigenvalue weighted by Crippen LogP contribution is -2.50. The standard InChI is InChI=1S/C10H21N3O3S.ClH/c1-8(12-17(3,15)16)10(14)13-6-4-5-9(13)7-11-2;/h8-9,11-12H,4-7H2,1-3H3;1H. The van der Waals surface area contributed by atoms with Gasteiger partial charge in [-0.05, 0) is 26.8 Å². The van der Waals surface area contributed by atoms with Crippen molar-refractivity contribution in [3.8, 4) is 0 Å². The summed E-state index contributed by atoms with van der Waals surface area (Å²) in [4.78, 5) is 13.8. The Morgan fingerprint density at radius 3 is 2.61 bits per heavy atom. The molecule has 1 heterocycles. The van der Waals surface area contributed by atoms with Gasteiger partial charge in [0.1, 0.15) is 0 Å². The Bertz CT molecular complexity index is 375. The van der Waals surface area contributed by atoms with E-state index in [9.17, 15) is 13.2 Å². The van der Waals surface area contributed by atoms with Gasteiger partial charge < -0.3 is 10.2 Å². The summed E-state index contributed by atoms with van der Waals surface area (Å²) in [5, 5.41) is 3.05. The Kier molecular flexibility index (Phi) is 7.13. The third-order valence-electron chi connectivity index (χ3n) is 2.86. The quantitative estimate of drug-likeness (QED) is 0.721. The predicted molar refractivity (Wildman–Crippen MR) is 73.4 cm³/mol. The lowest BCUT2D eigenvalue weighted by atomic mass is 10.2. The van der Waals surface area contributed by atoms with Crippen molar-refractivity contribution < 1.29 is 13.2 Å². The maximum Gasteiger partial charge on any atom is 0.240 e. The highest BCUT2D eigenvalue weighted by atomic mass is 35.5. The zero-order chi connectivity index (χ0) is 13.1. The highest BCUT2D eigenvalue weighted by molar-refractivity contribution is 7.88. The highest BCUT2D eigenvalue weighted by Crippen LogP contribution is 2.17. The number of nitrogens with zero attached hydrogens (tertiary/aromatic N) is 1. The van der Waals surface area contributed by atoms with Crippen molar-refractivity contribution >= 4 is 28.3 Å². The summed E-state index contributed by atoms with van der Waals surface area (Å²) in [6, 6.07) is -0.515. The summed E-state index contributed by atoms with van der Waals surface area (Å²) in [7, 11) is -1.49. The fourth-order valence-electron chi connectivity index (χ4n) is 2.19. The van der Waals surface area contributed by atoms with Crippen molar-refractivity contribution in [2.75, 3.05) is 26.4 Å². The normalized spacial score (nSPS) is 21.5. The lowest BCUT2D eigenvalue weighted by Gasteiger charge is -2.27. The number of likely N-dealkylation sites (N-methyl/N-ethyl adjacent to an activating group) is 1. The zero-order valence-corrected chi connectivity index (χ0v) is 12.6. The second kappa shape index (κ2) is 7.28. The molecule has 8 heteroatoms. The van der Waals surface area contributed by atoms with Crippen molar-refractivity contribution in [1.29, 1.82) is 0 Å². The van der Waals surface area contributed by atoms with Crippen molar-refractivity contribution in [2.45, 2.75) is 31.8 Å². The van der Waals surface area contributed by atoms with Crippen LogP contribution in [0.1, 0.15) is 19.8 Å². The van der Waals surface area contributed by atoms with Gasteiger partial charge in [0.25, 0.3) is 0 Å². The van der Waals surface area contributed by atoms with Crippen LogP contribution in [0, 0.1) is 0 Å². The molecule has 1 saturated heterocycles. The molecule has 2 atom stereocenters. The second-order valence-corrected chi connectivity index (χ2v) is 6.28. The molecule has 1 rings (SSSR count). The number of hydrogen-bond donors (Lipinski definition) is 2. The van der Waals surface area contributed by atoms with Crippen LogP contribution in [0.3, 0.4) is 0 Å². The van der Waals surface area contributed by atoms with Gasteiger partial charge in [0, 0.05) is 19.1 Å². The molecule has 1 aliphatic heterocycles. The van der Waals surface area contributed by atoms with Crippen molar-refractivity contribution in [2.24, 2.45) is 0 Å². The zero-order valence-electron chi connectivity index (χ0n) is 11.0. The van der Waals surface area contributed by atoms with E-state index in [2.05, 4.69) is 10.0 Å². The van der Waals surface area contributed by atoms with Gasteiger partial charge in [0.15, 0.2) is 0 Å². The fourth-order valence-corrected chi connectivity index (χ4v) is 2.94. The molecule has 0 bridgehead atoms. The Morgan fingerprint density at radius 2 is 2.11 bits per heavy atom. The van der Waals surface area contributed by atoms with E-state index in [1.165, 1.54) is 0 Å². The SMILES string of the molecule is CNCC1CCCN1C(=O)C(C)NS(C)(=O)=O.Cl. The maximum atomic E-state index is 12.1. The van der Waals surface area contributed by atoms with E-state index in [0.29, 0.717) is 6.54 Å². The molecule has 108 valence electrons. The Hall–Kier alpha value is -0.370. The summed E-state index contributed by atoms with van der Waals surface area (Å²) in [6.45, 7) is 3.04. The molecule has 0 saturated carbocycles. The number of sulfonamides is 1. The minimum Gasteiger partial charge on any atom is -0.337 e. The molecule has 0 aromatic carbocycles. The molecule has 1 aliphatic rings. The van der Waals surface area contributed by atoms with Gasteiger partial charge in [-0.3, -0.25) is 4.79 Å². The third-order valence-corrected chi connectivity index (χ3v) is 3.64. The summed E-state index contributed by atoms with van der Waals surface area (Å²) < 4.78 is 24.5. The van der Waals surface area contributed by atoms with Crippen LogP contribution in [0.25, 0.3) is 0 Å². The maximum absolute atomic E-state index is 12.1. The van der Waals surface area contributed by atoms with Gasteiger partial charge in [-0.1, -0.05) is 0 Å². The molecule has 2 N–H and O–H groups in total. The molecule has 0 spiro atoms. The Labute approximate surface area is 115 Å². The highest BCUT2D eigenvalue weighted by Gasteiger charge is 2.31. The van der Waals surface area contributed by atoms with Crippen LogP contribution < -0.4 is 10.0 Å². The number of rotatable bonds is 5. The van der Waals surface area contributed by atoms with Gasteiger partial charge in [-0.25, -0.2) is 13.1 Å². The number of carbonyl (C=O) groups is 1. The molecule has 2 unspecified atom stereocenters. The first-order valence-corrected chi connectivity index (χ1v) is 7.66. The largest absolute Gasteiger partial charge is 0.337 e. The van der Waals surface area contributed by atoms with E-state index in [4.69, 9.17) is 0 Å². The van der Waals surface area contributed by atoms with Gasteiger partial charge >= 0.3 is 0 Å². The van der Waals surface area contributed by atoms with Crippen molar-refractivity contribution in [3.05, 3.63) is 0 Å². The number of halogens is 1. The van der Waals surface area contributed by atoms with Crippen LogP contribution in [0.2, 0.25) is 0 Å². The molecule has 18 heavy (non-hydrogen) atoms. The van der Waals surface area contributed by atoms with Crippen molar-refractivity contribution in [3.63, 3.8) is 0 Å². The Balaban J connectivity index is 0.00000289. The van der Waals surface area contributed by atoms with Gasteiger partial charge in [0.2, 0.25) is 15.9 Å². The molecule has 0 radical (unpaired) electrons. The third kappa shape index (κ3) is 5.09. The fraction of sp³-hybridized carbons (Fsp3) is 0.900. The predicted octanol–water partition coefficient (Wildman–Crippen LogP) is -0.444. The van der Waals surface area contributed by atoms with E-state index >= 15 is 0 Å². The van der Waals surface area contributed by atoms with Gasteiger partial charge in [0.05, 0.1) is 12.3 Å². The van der Waals surface area contributed by atoms with Crippen LogP contribution in [-0.4, -0.2) is 57.7 Å². The smallest absolute Gasteiger partial charge is 0.240 e. The van der Waals surface area contributed by atoms with Gasteiger partial charge in [-0.2, -0.15) is 0 Å². The average Bonchev–Trinajstić information content (AvgIpc) is 2.62. The first-order valence-electron chi connectivity index (χ1n) is 5.77. The summed E-state index contributed by atoms with van der Waals surface area (Å²) in [6.07, 6.45) is 3.01. The molecule has 0 aromatic rings. The first-order chi connectivity index (χ1) is 7.85. The minimum absolute atomic E-state index is 0. The van der Waals surface area contributed by atoms with Crippen molar-refractivity contribution in [1.82, 2.24) is 14.9 Å². The molecule has 0 aliphatic carbocycles. The number of hydrogen-bond acceptors (Lipinski definition) is 4. The van der Waals surface area contributed by atoms with E-state index < -0.39 is 16.1 Å². The number of amides is 1. The minimum atomic E-state index is -3.34. The van der Waals surface area contributed by atoms with E-state index in [-0.39, 0.29) is 24.4 Å². The Morgan fingerprint density at radius 1 is 1.50 bits per heavy atom. The monoisotopic (exact) mass is 299 g/mol. The van der Waals surface area contributed by atoms with Crippen LogP contribution in [-0.2, 0) is 14.8 Å². The van der Waals surface area contributed by atoms with Crippen LogP contribution in [0.5, 0.6) is 0 Å². The summed E-state index contributed by atoms with van der Waals surface area (Å²) >= 11 is 0. The molecule has 1 fully saturated rings. The molecular weight excluding hydrogens is 278 g/mol. The topological polar surface area (TPSA) is 78.5 Å². The molecule has 6 nitrogen and oxygen atoms in total. The van der Waals surface area contributed by atoms with Crippen LogP contribution in [0.4, 0.5) is 0 Å². The van der Waals surface area contributed by atoms with Crippen LogP contribution >= 0.6 is 12.4 Å². The number of nitrogens with one attached hydrogen (secondary N) is 2. The molecule has 1 amide bonds. The van der Waals surface area contributed by atoms with E-state index in [1.807, 2.05) is 7.05 Å². The summed E-state index contributed by atoms with van der Waals surface area (Å²) in [5.74, 6) is -0.145. The summed E-state index contributed by atoms with van der Waals surface area (Å²) in [5.41, 5.74) is 0. The number of likely N-dealkylation sites (tertiary alicyclic amines) is 1. The molecular formula is C10H22ClN3O3S. The second-order valence-electron chi connectivity index (χ2n) is 4.50. The van der Waals surface area contributed by atoms with E-state index in [0.717, 1.165) is 25.6 Å². The molecule has 0 aromatic heterocycles. The number of carbonyl (C=O) groups excluding carboxylic acids is 1. The van der Waals surface area contributed by atoms with E-state index in [1.54, 1.807) is 11.8 Å². The van der Waals surface area contributed by atoms with Gasteiger partial charge in [-0.15, -0.1) is 12.4 Å². The van der Waals surface area contributed by atoms with Crippen LogP contribution in [0.15, 0.2) is 0 Å².